The SMILES string of the molecule is COCCn1c(SCC(=O)Nc2ccc(C)c(C)c2)nc2scc(-c3ccccc3Cl)c2c1=O. The van der Waals surface area contributed by atoms with Crippen molar-refractivity contribution in [2.45, 2.75) is 25.5 Å². The zero-order valence-corrected chi connectivity index (χ0v) is 21.4. The van der Waals surface area contributed by atoms with Crippen LogP contribution >= 0.6 is 34.7 Å². The highest BCUT2D eigenvalue weighted by molar-refractivity contribution is 7.99. The second-order valence-corrected chi connectivity index (χ2v) is 10.00. The van der Waals surface area contributed by atoms with E-state index in [0.717, 1.165) is 22.4 Å². The van der Waals surface area contributed by atoms with E-state index >= 15 is 0 Å². The van der Waals surface area contributed by atoms with Crippen LogP contribution in [0.15, 0.2) is 57.8 Å². The fraction of sp³-hybridized carbons (Fsp3) is 0.240. The van der Waals surface area contributed by atoms with E-state index in [9.17, 15) is 9.59 Å². The first-order valence-corrected chi connectivity index (χ1v) is 12.9. The summed E-state index contributed by atoms with van der Waals surface area (Å²) >= 11 is 9.02. The summed E-state index contributed by atoms with van der Waals surface area (Å²) in [4.78, 5) is 31.5. The minimum absolute atomic E-state index is 0.126. The van der Waals surface area contributed by atoms with Crippen LogP contribution in [0.3, 0.4) is 0 Å². The molecular weight excluding hydrogens is 490 g/mol. The van der Waals surface area contributed by atoms with Gasteiger partial charge in [-0.15, -0.1) is 11.3 Å². The van der Waals surface area contributed by atoms with Crippen molar-refractivity contribution in [3.63, 3.8) is 0 Å². The summed E-state index contributed by atoms with van der Waals surface area (Å²) in [6, 6.07) is 13.2. The zero-order chi connectivity index (χ0) is 24.2. The number of fused-ring (bicyclic) bond motifs is 1. The number of aromatic nitrogens is 2. The molecule has 1 amide bonds. The van der Waals surface area contributed by atoms with E-state index in [1.807, 2.05) is 55.6 Å². The molecule has 0 aliphatic heterocycles. The van der Waals surface area contributed by atoms with Gasteiger partial charge in [0.2, 0.25) is 5.91 Å². The van der Waals surface area contributed by atoms with Crippen molar-refractivity contribution in [2.75, 3.05) is 24.8 Å². The molecule has 9 heteroatoms. The maximum absolute atomic E-state index is 13.5. The van der Waals surface area contributed by atoms with Crippen LogP contribution in [0.25, 0.3) is 21.3 Å². The van der Waals surface area contributed by atoms with E-state index in [2.05, 4.69) is 5.32 Å². The van der Waals surface area contributed by atoms with Crippen molar-refractivity contribution in [1.29, 1.82) is 0 Å². The predicted molar refractivity (Wildman–Crippen MR) is 141 cm³/mol. The van der Waals surface area contributed by atoms with Crippen LogP contribution in [0.4, 0.5) is 5.69 Å². The molecule has 0 fully saturated rings. The lowest BCUT2D eigenvalue weighted by Crippen LogP contribution is -2.25. The highest BCUT2D eigenvalue weighted by Gasteiger charge is 2.19. The molecule has 4 aromatic rings. The number of nitrogens with one attached hydrogen (secondary N) is 1. The Kier molecular flexibility index (Phi) is 7.73. The molecule has 0 aliphatic rings. The lowest BCUT2D eigenvalue weighted by Gasteiger charge is -2.13. The summed E-state index contributed by atoms with van der Waals surface area (Å²) in [5.41, 5.74) is 4.41. The first-order chi connectivity index (χ1) is 16.4. The number of halogens is 1. The maximum Gasteiger partial charge on any atom is 0.263 e. The molecule has 176 valence electrons. The van der Waals surface area contributed by atoms with Crippen LogP contribution in [0, 0.1) is 13.8 Å². The van der Waals surface area contributed by atoms with Crippen molar-refractivity contribution in [1.82, 2.24) is 9.55 Å². The summed E-state index contributed by atoms with van der Waals surface area (Å²) in [6.07, 6.45) is 0. The van der Waals surface area contributed by atoms with Gasteiger partial charge < -0.3 is 10.1 Å². The van der Waals surface area contributed by atoms with Gasteiger partial charge in [-0.2, -0.15) is 0 Å². The van der Waals surface area contributed by atoms with Crippen molar-refractivity contribution in [2.24, 2.45) is 0 Å². The minimum Gasteiger partial charge on any atom is -0.383 e. The molecule has 1 N–H and O–H groups in total. The van der Waals surface area contributed by atoms with Gasteiger partial charge in [0.1, 0.15) is 4.83 Å². The van der Waals surface area contributed by atoms with Gasteiger partial charge in [-0.1, -0.05) is 47.6 Å². The number of rotatable bonds is 8. The second-order valence-electron chi connectivity index (χ2n) is 7.79. The summed E-state index contributed by atoms with van der Waals surface area (Å²) in [5, 5.41) is 6.40. The second kappa shape index (κ2) is 10.7. The Bertz CT molecular complexity index is 1410. The van der Waals surface area contributed by atoms with Gasteiger partial charge >= 0.3 is 0 Å². The number of nitrogens with zero attached hydrogens (tertiary/aromatic N) is 2. The molecule has 0 saturated heterocycles. The minimum atomic E-state index is -0.171. The monoisotopic (exact) mass is 513 g/mol. The zero-order valence-electron chi connectivity index (χ0n) is 19.1. The highest BCUT2D eigenvalue weighted by Crippen LogP contribution is 2.35. The Morgan fingerprint density at radius 3 is 2.71 bits per heavy atom. The van der Waals surface area contributed by atoms with E-state index in [1.54, 1.807) is 17.7 Å². The molecule has 34 heavy (non-hydrogen) atoms. The van der Waals surface area contributed by atoms with Gasteiger partial charge in [0.15, 0.2) is 5.16 Å². The number of ether oxygens (including phenoxy) is 1. The normalized spacial score (nSPS) is 11.2. The molecule has 6 nitrogen and oxygen atoms in total. The number of carbonyl (C=O) groups excluding carboxylic acids is 1. The Morgan fingerprint density at radius 2 is 1.97 bits per heavy atom. The summed E-state index contributed by atoms with van der Waals surface area (Å²) in [7, 11) is 1.58. The van der Waals surface area contributed by atoms with E-state index in [0.29, 0.717) is 33.5 Å². The number of amides is 1. The fourth-order valence-corrected chi connectivity index (χ4v) is 5.56. The number of aryl methyl sites for hydroxylation is 2. The van der Waals surface area contributed by atoms with Gasteiger partial charge in [0.05, 0.1) is 24.3 Å². The molecule has 0 aliphatic carbocycles. The first kappa shape index (κ1) is 24.5. The molecular formula is C25H24ClN3O3S2. The molecule has 4 rings (SSSR count). The van der Waals surface area contributed by atoms with Gasteiger partial charge in [-0.05, 0) is 43.2 Å². The molecule has 0 radical (unpaired) electrons. The van der Waals surface area contributed by atoms with Gasteiger partial charge in [-0.25, -0.2) is 4.98 Å². The molecule has 2 aromatic carbocycles. The van der Waals surface area contributed by atoms with Crippen molar-refractivity contribution >= 4 is 56.5 Å². The van der Waals surface area contributed by atoms with Gasteiger partial charge in [-0.3, -0.25) is 14.2 Å². The number of thioether (sulfide) groups is 1. The van der Waals surface area contributed by atoms with Crippen LogP contribution in [-0.4, -0.2) is 34.9 Å². The fourth-order valence-electron chi connectivity index (χ4n) is 3.52. The highest BCUT2D eigenvalue weighted by atomic mass is 35.5. The Labute approximate surface area is 210 Å². The third kappa shape index (κ3) is 5.20. The quantitative estimate of drug-likeness (QED) is 0.239. The van der Waals surface area contributed by atoms with E-state index < -0.39 is 0 Å². The van der Waals surface area contributed by atoms with Crippen molar-refractivity contribution < 1.29 is 9.53 Å². The van der Waals surface area contributed by atoms with Gasteiger partial charge in [0, 0.05) is 34.3 Å². The van der Waals surface area contributed by atoms with Crippen LogP contribution in [-0.2, 0) is 16.1 Å². The van der Waals surface area contributed by atoms with Crippen LogP contribution in [0.1, 0.15) is 11.1 Å². The summed E-state index contributed by atoms with van der Waals surface area (Å²) < 4.78 is 6.79. The number of hydrogen-bond acceptors (Lipinski definition) is 6. The Hall–Kier alpha value is -2.65. The summed E-state index contributed by atoms with van der Waals surface area (Å²) in [6.45, 7) is 4.71. The molecule has 0 unspecified atom stereocenters. The molecule has 2 heterocycles. The number of benzene rings is 2. The van der Waals surface area contributed by atoms with Crippen LogP contribution < -0.4 is 10.9 Å². The van der Waals surface area contributed by atoms with Crippen molar-refractivity contribution in [3.05, 3.63) is 74.3 Å². The molecule has 0 bridgehead atoms. The van der Waals surface area contributed by atoms with E-state index in [4.69, 9.17) is 21.3 Å². The molecule has 0 saturated carbocycles. The number of hydrogen-bond donors (Lipinski definition) is 1. The van der Waals surface area contributed by atoms with E-state index in [1.165, 1.54) is 28.7 Å². The smallest absolute Gasteiger partial charge is 0.263 e. The number of thiophene rings is 1. The standard InChI is InChI=1S/C25H24ClN3O3S2/c1-15-8-9-17(12-16(15)2)27-21(30)14-34-25-28-23-22(24(31)29(25)10-11-32-3)19(13-33-23)18-6-4-5-7-20(18)26/h4-9,12-13H,10-11,14H2,1-3H3,(H,27,30). The summed E-state index contributed by atoms with van der Waals surface area (Å²) in [5.74, 6) is -0.0375. The number of carbonyl (C=O) groups is 1. The number of methoxy groups -OCH3 is 1. The topological polar surface area (TPSA) is 73.2 Å². The van der Waals surface area contributed by atoms with E-state index in [-0.39, 0.29) is 17.2 Å². The first-order valence-electron chi connectivity index (χ1n) is 10.6. The predicted octanol–water partition coefficient (Wildman–Crippen LogP) is 5.77. The Balaban J connectivity index is 1.64. The molecule has 2 aromatic heterocycles. The average Bonchev–Trinajstić information content (AvgIpc) is 3.24. The largest absolute Gasteiger partial charge is 0.383 e. The lowest BCUT2D eigenvalue weighted by molar-refractivity contribution is -0.113. The van der Waals surface area contributed by atoms with Crippen LogP contribution in [0.5, 0.6) is 0 Å². The third-order valence-corrected chi connectivity index (χ3v) is 7.64. The maximum atomic E-state index is 13.5. The Morgan fingerprint density at radius 1 is 1.18 bits per heavy atom. The lowest BCUT2D eigenvalue weighted by atomic mass is 10.1. The molecule has 0 spiro atoms. The number of anilines is 1. The van der Waals surface area contributed by atoms with Crippen LogP contribution in [0.2, 0.25) is 5.02 Å². The third-order valence-electron chi connectivity index (χ3n) is 5.46. The van der Waals surface area contributed by atoms with Gasteiger partial charge in [0.25, 0.3) is 5.56 Å². The average molecular weight is 514 g/mol. The molecule has 0 atom stereocenters. The van der Waals surface area contributed by atoms with Crippen molar-refractivity contribution in [3.8, 4) is 11.1 Å².